The number of nitrogens with one attached hydrogen (secondary N) is 1. The molecule has 5 heteroatoms. The largest absolute Gasteiger partial charge is 0.489 e. The van der Waals surface area contributed by atoms with Crippen LogP contribution in [0.5, 0.6) is 5.75 Å². The van der Waals surface area contributed by atoms with Crippen LogP contribution in [0.1, 0.15) is 28.6 Å². The van der Waals surface area contributed by atoms with Crippen LogP contribution in [0.3, 0.4) is 0 Å². The second kappa shape index (κ2) is 7.31. The Kier molecular flexibility index (Phi) is 5.44. The standard InChI is InChI=1S/C15H16ClNO2S/c1-2-7-17-15(18)14-8-11(10-20-14)9-19-13-5-3-12(16)4-6-13/h3-6,8,10H,2,7,9H2,1H3,(H,17,18). The Bertz CT molecular complexity index is 566. The van der Waals surface area contributed by atoms with Crippen LogP contribution in [0.2, 0.25) is 5.02 Å². The van der Waals surface area contributed by atoms with E-state index in [4.69, 9.17) is 16.3 Å². The third kappa shape index (κ3) is 4.25. The van der Waals surface area contributed by atoms with Crippen LogP contribution < -0.4 is 10.1 Å². The van der Waals surface area contributed by atoms with Crippen LogP contribution in [0, 0.1) is 0 Å². The molecule has 0 spiro atoms. The maximum absolute atomic E-state index is 11.8. The zero-order chi connectivity index (χ0) is 14.4. The normalized spacial score (nSPS) is 10.3. The van der Waals surface area contributed by atoms with Crippen LogP contribution in [0.4, 0.5) is 0 Å². The quantitative estimate of drug-likeness (QED) is 0.871. The Hall–Kier alpha value is -1.52. The number of carbonyl (C=O) groups excluding carboxylic acids is 1. The summed E-state index contributed by atoms with van der Waals surface area (Å²) in [6, 6.07) is 9.08. The van der Waals surface area contributed by atoms with Crippen molar-refractivity contribution in [2.45, 2.75) is 20.0 Å². The summed E-state index contributed by atoms with van der Waals surface area (Å²) in [6.07, 6.45) is 0.934. The van der Waals surface area contributed by atoms with Gasteiger partial charge in [-0.25, -0.2) is 0 Å². The molecule has 1 heterocycles. The van der Waals surface area contributed by atoms with E-state index in [-0.39, 0.29) is 5.91 Å². The van der Waals surface area contributed by atoms with Crippen molar-refractivity contribution in [1.29, 1.82) is 0 Å². The molecule has 0 aliphatic carbocycles. The lowest BCUT2D eigenvalue weighted by molar-refractivity contribution is 0.0957. The molecule has 0 saturated heterocycles. The molecule has 0 saturated carbocycles. The SMILES string of the molecule is CCCNC(=O)c1cc(COc2ccc(Cl)cc2)cs1. The fourth-order valence-electron chi connectivity index (χ4n) is 1.59. The minimum Gasteiger partial charge on any atom is -0.489 e. The molecular weight excluding hydrogens is 294 g/mol. The van der Waals surface area contributed by atoms with Gasteiger partial charge < -0.3 is 10.1 Å². The van der Waals surface area contributed by atoms with Crippen LogP contribution >= 0.6 is 22.9 Å². The molecule has 0 fully saturated rings. The van der Waals surface area contributed by atoms with Gasteiger partial charge in [0.2, 0.25) is 0 Å². The van der Waals surface area contributed by atoms with Gasteiger partial charge in [0.15, 0.2) is 0 Å². The lowest BCUT2D eigenvalue weighted by Crippen LogP contribution is -2.22. The van der Waals surface area contributed by atoms with E-state index in [0.29, 0.717) is 23.1 Å². The highest BCUT2D eigenvalue weighted by molar-refractivity contribution is 7.12. The maximum Gasteiger partial charge on any atom is 0.261 e. The molecule has 0 aliphatic heterocycles. The van der Waals surface area contributed by atoms with E-state index in [1.54, 1.807) is 12.1 Å². The van der Waals surface area contributed by atoms with E-state index < -0.39 is 0 Å². The number of halogens is 1. The number of thiophene rings is 1. The molecule has 1 amide bonds. The van der Waals surface area contributed by atoms with Crippen LogP contribution in [-0.2, 0) is 6.61 Å². The summed E-state index contributed by atoms with van der Waals surface area (Å²) in [4.78, 5) is 12.5. The molecule has 0 bridgehead atoms. The van der Waals surface area contributed by atoms with Gasteiger partial charge in [0.25, 0.3) is 5.91 Å². The average molecular weight is 310 g/mol. The molecular formula is C15H16ClNO2S. The molecule has 1 aromatic heterocycles. The van der Waals surface area contributed by atoms with Crippen molar-refractivity contribution in [3.05, 3.63) is 51.2 Å². The number of benzene rings is 1. The van der Waals surface area contributed by atoms with Gasteiger partial charge in [-0.05, 0) is 42.1 Å². The number of rotatable bonds is 6. The van der Waals surface area contributed by atoms with Gasteiger partial charge in [0, 0.05) is 17.1 Å². The van der Waals surface area contributed by atoms with Gasteiger partial charge in [0.1, 0.15) is 12.4 Å². The third-order valence-corrected chi connectivity index (χ3v) is 3.86. The molecule has 106 valence electrons. The van der Waals surface area contributed by atoms with Crippen molar-refractivity contribution in [3.8, 4) is 5.75 Å². The van der Waals surface area contributed by atoms with E-state index in [1.165, 1.54) is 11.3 Å². The summed E-state index contributed by atoms with van der Waals surface area (Å²) in [7, 11) is 0. The molecule has 0 atom stereocenters. The van der Waals surface area contributed by atoms with Crippen LogP contribution in [0.15, 0.2) is 35.7 Å². The van der Waals surface area contributed by atoms with Crippen molar-refractivity contribution in [3.63, 3.8) is 0 Å². The van der Waals surface area contributed by atoms with E-state index in [1.807, 2.05) is 30.5 Å². The minimum absolute atomic E-state index is 0.0189. The Morgan fingerprint density at radius 1 is 1.35 bits per heavy atom. The van der Waals surface area contributed by atoms with E-state index in [0.717, 1.165) is 17.7 Å². The highest BCUT2D eigenvalue weighted by Crippen LogP contribution is 2.19. The topological polar surface area (TPSA) is 38.3 Å². The first-order valence-corrected chi connectivity index (χ1v) is 7.68. The fraction of sp³-hybridized carbons (Fsp3) is 0.267. The fourth-order valence-corrected chi connectivity index (χ4v) is 2.53. The second-order valence-corrected chi connectivity index (χ2v) is 5.67. The zero-order valence-electron chi connectivity index (χ0n) is 11.2. The first-order chi connectivity index (χ1) is 9.69. The minimum atomic E-state index is -0.0189. The Labute approximate surface area is 127 Å². The van der Waals surface area contributed by atoms with Crippen molar-refractivity contribution >= 4 is 28.8 Å². The molecule has 1 N–H and O–H groups in total. The summed E-state index contributed by atoms with van der Waals surface area (Å²) < 4.78 is 5.64. The summed E-state index contributed by atoms with van der Waals surface area (Å²) in [5.41, 5.74) is 0.992. The van der Waals surface area contributed by atoms with Crippen LogP contribution in [0.25, 0.3) is 0 Å². The predicted molar refractivity (Wildman–Crippen MR) is 82.7 cm³/mol. The number of carbonyl (C=O) groups is 1. The van der Waals surface area contributed by atoms with Crippen molar-refractivity contribution in [1.82, 2.24) is 5.32 Å². The van der Waals surface area contributed by atoms with Crippen molar-refractivity contribution < 1.29 is 9.53 Å². The highest BCUT2D eigenvalue weighted by Gasteiger charge is 2.08. The Morgan fingerprint density at radius 2 is 2.10 bits per heavy atom. The smallest absolute Gasteiger partial charge is 0.261 e. The maximum atomic E-state index is 11.8. The van der Waals surface area contributed by atoms with Gasteiger partial charge >= 0.3 is 0 Å². The number of amides is 1. The average Bonchev–Trinajstić information content (AvgIpc) is 2.93. The Balaban J connectivity index is 1.89. The third-order valence-electron chi connectivity index (χ3n) is 2.63. The lowest BCUT2D eigenvalue weighted by atomic mass is 10.3. The van der Waals surface area contributed by atoms with Gasteiger partial charge in [0.05, 0.1) is 4.88 Å². The molecule has 1 aromatic carbocycles. The molecule has 2 aromatic rings. The van der Waals surface area contributed by atoms with E-state index in [9.17, 15) is 4.79 Å². The molecule has 20 heavy (non-hydrogen) atoms. The highest BCUT2D eigenvalue weighted by atomic mass is 35.5. The summed E-state index contributed by atoms with van der Waals surface area (Å²) >= 11 is 7.24. The van der Waals surface area contributed by atoms with E-state index >= 15 is 0 Å². The van der Waals surface area contributed by atoms with Gasteiger partial charge in [-0.15, -0.1) is 11.3 Å². The number of hydrogen-bond donors (Lipinski definition) is 1. The predicted octanol–water partition coefficient (Wildman–Crippen LogP) is 4.12. The summed E-state index contributed by atoms with van der Waals surface area (Å²) in [5, 5.41) is 5.48. The Morgan fingerprint density at radius 3 is 2.80 bits per heavy atom. The molecule has 0 unspecified atom stereocenters. The molecule has 2 rings (SSSR count). The van der Waals surface area contributed by atoms with Gasteiger partial charge in [-0.3, -0.25) is 4.79 Å². The molecule has 0 radical (unpaired) electrons. The van der Waals surface area contributed by atoms with Gasteiger partial charge in [-0.1, -0.05) is 18.5 Å². The zero-order valence-corrected chi connectivity index (χ0v) is 12.8. The van der Waals surface area contributed by atoms with E-state index in [2.05, 4.69) is 5.32 Å². The number of hydrogen-bond acceptors (Lipinski definition) is 3. The first-order valence-electron chi connectivity index (χ1n) is 6.43. The number of ether oxygens (including phenoxy) is 1. The van der Waals surface area contributed by atoms with Crippen molar-refractivity contribution in [2.24, 2.45) is 0 Å². The van der Waals surface area contributed by atoms with Crippen molar-refractivity contribution in [2.75, 3.05) is 6.54 Å². The lowest BCUT2D eigenvalue weighted by Gasteiger charge is -2.04. The summed E-state index contributed by atoms with van der Waals surface area (Å²) in [6.45, 7) is 3.17. The molecule has 3 nitrogen and oxygen atoms in total. The second-order valence-electron chi connectivity index (χ2n) is 4.32. The van der Waals surface area contributed by atoms with Gasteiger partial charge in [-0.2, -0.15) is 0 Å². The first kappa shape index (κ1) is 14.9. The summed E-state index contributed by atoms with van der Waals surface area (Å²) in [5.74, 6) is 0.743. The molecule has 0 aliphatic rings. The van der Waals surface area contributed by atoms with Crippen LogP contribution in [-0.4, -0.2) is 12.5 Å². The monoisotopic (exact) mass is 309 g/mol.